The number of hydrogen-bond acceptors (Lipinski definition) is 4. The molecule has 86 valence electrons. The van der Waals surface area contributed by atoms with Crippen LogP contribution in [0.25, 0.3) is 0 Å². The van der Waals surface area contributed by atoms with Crippen LogP contribution in [0.15, 0.2) is 53.8 Å². The Morgan fingerprint density at radius 1 is 1.18 bits per heavy atom. The zero-order valence-corrected chi connectivity index (χ0v) is 9.50. The summed E-state index contributed by atoms with van der Waals surface area (Å²) in [7, 11) is 1.64. The third-order valence-corrected chi connectivity index (χ3v) is 2.19. The van der Waals surface area contributed by atoms with Crippen molar-refractivity contribution >= 4 is 12.0 Å². The van der Waals surface area contributed by atoms with Gasteiger partial charge >= 0.3 is 0 Å². The van der Waals surface area contributed by atoms with E-state index >= 15 is 0 Å². The van der Waals surface area contributed by atoms with Gasteiger partial charge in [-0.2, -0.15) is 5.10 Å². The molecule has 17 heavy (non-hydrogen) atoms. The molecular weight excluding hydrogens is 214 g/mol. The number of para-hydroxylation sites is 1. The second-order valence-corrected chi connectivity index (χ2v) is 3.33. The lowest BCUT2D eigenvalue weighted by atomic mass is 10.2. The second-order valence-electron chi connectivity index (χ2n) is 3.33. The lowest BCUT2D eigenvalue weighted by molar-refractivity contribution is 0.414. The Kier molecular flexibility index (Phi) is 3.70. The van der Waals surface area contributed by atoms with E-state index in [9.17, 15) is 0 Å². The molecule has 1 aromatic heterocycles. The van der Waals surface area contributed by atoms with Gasteiger partial charge in [0.15, 0.2) is 0 Å². The van der Waals surface area contributed by atoms with Crippen molar-refractivity contribution in [2.45, 2.75) is 0 Å². The molecule has 4 heteroatoms. The van der Waals surface area contributed by atoms with Crippen molar-refractivity contribution in [2.24, 2.45) is 5.10 Å². The number of benzene rings is 1. The topological polar surface area (TPSA) is 46.5 Å². The molecule has 0 saturated heterocycles. The van der Waals surface area contributed by atoms with Crippen molar-refractivity contribution in [3.63, 3.8) is 0 Å². The molecule has 0 aliphatic carbocycles. The summed E-state index contributed by atoms with van der Waals surface area (Å²) in [6.07, 6.45) is 3.41. The summed E-state index contributed by atoms with van der Waals surface area (Å²) in [4.78, 5) is 4.10. The number of hydrogen-bond donors (Lipinski definition) is 1. The van der Waals surface area contributed by atoms with Crippen LogP contribution in [0.1, 0.15) is 5.56 Å². The number of pyridine rings is 1. The standard InChI is InChI=1S/C13H13N3O/c1-17-12-7-3-2-6-11(12)10-15-16-13-8-4-5-9-14-13/h2-10H,1H3,(H,14,16)/b15-10+. The normalized spacial score (nSPS) is 10.4. The molecule has 1 aromatic carbocycles. The van der Waals surface area contributed by atoms with Gasteiger partial charge in [0.2, 0.25) is 0 Å². The predicted molar refractivity (Wildman–Crippen MR) is 68.4 cm³/mol. The molecule has 0 spiro atoms. The van der Waals surface area contributed by atoms with Crippen LogP contribution in [0.3, 0.4) is 0 Å². The summed E-state index contributed by atoms with van der Waals surface area (Å²) in [5.74, 6) is 1.50. The van der Waals surface area contributed by atoms with Gasteiger partial charge in [-0.1, -0.05) is 18.2 Å². The van der Waals surface area contributed by atoms with Gasteiger partial charge in [-0.05, 0) is 24.3 Å². The molecule has 0 radical (unpaired) electrons. The quantitative estimate of drug-likeness (QED) is 0.645. The van der Waals surface area contributed by atoms with E-state index in [0.29, 0.717) is 5.82 Å². The molecule has 0 bridgehead atoms. The Labute approximate surface area is 100.0 Å². The number of rotatable bonds is 4. The Morgan fingerprint density at radius 2 is 2.00 bits per heavy atom. The van der Waals surface area contributed by atoms with Gasteiger partial charge in [0.25, 0.3) is 0 Å². The Bertz CT molecular complexity index is 497. The van der Waals surface area contributed by atoms with Crippen LogP contribution in [0, 0.1) is 0 Å². The fourth-order valence-corrected chi connectivity index (χ4v) is 1.37. The summed E-state index contributed by atoms with van der Waals surface area (Å²) < 4.78 is 5.21. The fraction of sp³-hybridized carbons (Fsp3) is 0.0769. The van der Waals surface area contributed by atoms with E-state index in [1.165, 1.54) is 0 Å². The molecule has 0 fully saturated rings. The lowest BCUT2D eigenvalue weighted by Gasteiger charge is -2.03. The van der Waals surface area contributed by atoms with Crippen molar-refractivity contribution in [3.8, 4) is 5.75 Å². The highest BCUT2D eigenvalue weighted by Crippen LogP contribution is 2.14. The van der Waals surface area contributed by atoms with Crippen LogP contribution in [0.4, 0.5) is 5.82 Å². The first-order valence-corrected chi connectivity index (χ1v) is 5.23. The average molecular weight is 227 g/mol. The maximum atomic E-state index is 5.21. The zero-order chi connectivity index (χ0) is 11.9. The molecule has 0 saturated carbocycles. The highest BCUT2D eigenvalue weighted by Gasteiger charge is 1.96. The first-order valence-electron chi connectivity index (χ1n) is 5.23. The molecule has 1 N–H and O–H groups in total. The lowest BCUT2D eigenvalue weighted by Crippen LogP contribution is -1.94. The van der Waals surface area contributed by atoms with Crippen molar-refractivity contribution in [2.75, 3.05) is 12.5 Å². The maximum Gasteiger partial charge on any atom is 0.146 e. The molecule has 0 aliphatic heterocycles. The summed E-state index contributed by atoms with van der Waals surface area (Å²) >= 11 is 0. The van der Waals surface area contributed by atoms with Crippen molar-refractivity contribution in [3.05, 3.63) is 54.2 Å². The first-order chi connectivity index (χ1) is 8.40. The van der Waals surface area contributed by atoms with E-state index in [1.54, 1.807) is 19.5 Å². The monoisotopic (exact) mass is 227 g/mol. The Balaban J connectivity index is 2.06. The SMILES string of the molecule is COc1ccccc1/C=N/Nc1ccccn1. The number of nitrogens with zero attached hydrogens (tertiary/aromatic N) is 2. The van der Waals surface area contributed by atoms with Gasteiger partial charge in [0.1, 0.15) is 11.6 Å². The van der Waals surface area contributed by atoms with Gasteiger partial charge in [-0.3, -0.25) is 5.43 Å². The van der Waals surface area contributed by atoms with Crippen LogP contribution < -0.4 is 10.2 Å². The Morgan fingerprint density at radius 3 is 2.76 bits per heavy atom. The molecule has 4 nitrogen and oxygen atoms in total. The third-order valence-electron chi connectivity index (χ3n) is 2.19. The van der Waals surface area contributed by atoms with Gasteiger partial charge in [-0.15, -0.1) is 0 Å². The Hall–Kier alpha value is -2.36. The summed E-state index contributed by atoms with van der Waals surface area (Å²) in [5.41, 5.74) is 3.76. The van der Waals surface area contributed by atoms with Crippen LogP contribution in [0.5, 0.6) is 5.75 Å². The largest absolute Gasteiger partial charge is 0.496 e. The molecular formula is C13H13N3O. The molecule has 0 aliphatic rings. The highest BCUT2D eigenvalue weighted by atomic mass is 16.5. The molecule has 2 rings (SSSR count). The van der Waals surface area contributed by atoms with Gasteiger partial charge < -0.3 is 4.74 Å². The number of ether oxygens (including phenoxy) is 1. The van der Waals surface area contributed by atoms with Gasteiger partial charge in [0, 0.05) is 11.8 Å². The molecule has 0 amide bonds. The van der Waals surface area contributed by atoms with E-state index in [-0.39, 0.29) is 0 Å². The fourth-order valence-electron chi connectivity index (χ4n) is 1.37. The van der Waals surface area contributed by atoms with E-state index < -0.39 is 0 Å². The van der Waals surface area contributed by atoms with E-state index in [2.05, 4.69) is 15.5 Å². The van der Waals surface area contributed by atoms with Crippen molar-refractivity contribution in [1.82, 2.24) is 4.98 Å². The molecule has 1 heterocycles. The van der Waals surface area contributed by atoms with Gasteiger partial charge in [-0.25, -0.2) is 4.98 Å². The summed E-state index contributed by atoms with van der Waals surface area (Å²) in [6.45, 7) is 0. The van der Waals surface area contributed by atoms with Gasteiger partial charge in [0.05, 0.1) is 13.3 Å². The summed E-state index contributed by atoms with van der Waals surface area (Å²) in [6, 6.07) is 13.3. The number of nitrogens with one attached hydrogen (secondary N) is 1. The predicted octanol–water partition coefficient (Wildman–Crippen LogP) is 2.54. The second kappa shape index (κ2) is 5.65. The van der Waals surface area contributed by atoms with Crippen LogP contribution >= 0.6 is 0 Å². The number of hydrazone groups is 1. The number of methoxy groups -OCH3 is 1. The third kappa shape index (κ3) is 3.04. The highest BCUT2D eigenvalue weighted by molar-refractivity contribution is 5.83. The number of aromatic nitrogens is 1. The van der Waals surface area contributed by atoms with Crippen LogP contribution in [0.2, 0.25) is 0 Å². The number of anilines is 1. The molecule has 2 aromatic rings. The minimum Gasteiger partial charge on any atom is -0.496 e. The van der Waals surface area contributed by atoms with E-state index in [1.807, 2.05) is 42.5 Å². The maximum absolute atomic E-state index is 5.21. The zero-order valence-electron chi connectivity index (χ0n) is 9.50. The van der Waals surface area contributed by atoms with Crippen molar-refractivity contribution in [1.29, 1.82) is 0 Å². The smallest absolute Gasteiger partial charge is 0.146 e. The van der Waals surface area contributed by atoms with Crippen LogP contribution in [-0.2, 0) is 0 Å². The average Bonchev–Trinajstić information content (AvgIpc) is 2.40. The first kappa shape index (κ1) is 11.1. The molecule has 0 atom stereocenters. The van der Waals surface area contributed by atoms with E-state index in [4.69, 9.17) is 4.74 Å². The molecule has 0 unspecified atom stereocenters. The van der Waals surface area contributed by atoms with E-state index in [0.717, 1.165) is 11.3 Å². The van der Waals surface area contributed by atoms with Crippen LogP contribution in [-0.4, -0.2) is 18.3 Å². The summed E-state index contributed by atoms with van der Waals surface area (Å²) in [5, 5.41) is 4.10. The van der Waals surface area contributed by atoms with Crippen molar-refractivity contribution < 1.29 is 4.74 Å². The minimum absolute atomic E-state index is 0.707. The minimum atomic E-state index is 0.707.